The monoisotopic (exact) mass is 370 g/mol. The van der Waals surface area contributed by atoms with Crippen molar-refractivity contribution in [3.63, 3.8) is 0 Å². The molecule has 1 N–H and O–H groups in total. The van der Waals surface area contributed by atoms with Gasteiger partial charge in [0.05, 0.1) is 6.61 Å². The number of ether oxygens (including phenoxy) is 2. The lowest BCUT2D eigenvalue weighted by molar-refractivity contribution is -0.137. The summed E-state index contributed by atoms with van der Waals surface area (Å²) in [7, 11) is 0. The summed E-state index contributed by atoms with van der Waals surface area (Å²) in [6.45, 7) is 1.83. The fourth-order valence-corrected chi connectivity index (χ4v) is 2.09. The molecule has 0 saturated heterocycles. The summed E-state index contributed by atoms with van der Waals surface area (Å²) in [5.41, 5.74) is 0.908. The van der Waals surface area contributed by atoms with Crippen LogP contribution in [0.4, 0.5) is 10.5 Å². The number of rotatable bonds is 5. The number of benzene rings is 2. The van der Waals surface area contributed by atoms with Gasteiger partial charge in [-0.25, -0.2) is 9.59 Å². The predicted octanol–water partition coefficient (Wildman–Crippen LogP) is 4.42. The zero-order valence-electron chi connectivity index (χ0n) is 13.9. The van der Waals surface area contributed by atoms with E-state index in [9.17, 15) is 9.59 Å². The van der Waals surface area contributed by atoms with Crippen LogP contribution in [0.5, 0.6) is 5.75 Å². The first kappa shape index (κ1) is 19.0. The third-order valence-electron chi connectivity index (χ3n) is 3.09. The van der Waals surface area contributed by atoms with Crippen molar-refractivity contribution in [2.24, 2.45) is 0 Å². The number of carbonyl (C=O) groups is 2. The Kier molecular flexibility index (Phi) is 6.77. The van der Waals surface area contributed by atoms with Crippen molar-refractivity contribution < 1.29 is 19.1 Å². The fourth-order valence-electron chi connectivity index (χ4n) is 1.96. The van der Waals surface area contributed by atoms with E-state index in [0.717, 1.165) is 0 Å². The van der Waals surface area contributed by atoms with Crippen LogP contribution in [0.2, 0.25) is 5.02 Å². The maximum atomic E-state index is 11.9. The van der Waals surface area contributed by atoms with E-state index in [4.69, 9.17) is 26.3 Å². The minimum absolute atomic E-state index is 0.144. The smallest absolute Gasteiger partial charge is 0.417 e. The highest BCUT2D eigenvalue weighted by atomic mass is 35.5. The van der Waals surface area contributed by atoms with E-state index >= 15 is 0 Å². The van der Waals surface area contributed by atoms with Gasteiger partial charge in [0, 0.05) is 10.7 Å². The van der Waals surface area contributed by atoms with E-state index in [2.05, 4.69) is 5.32 Å². The van der Waals surface area contributed by atoms with Gasteiger partial charge in [-0.15, -0.1) is 0 Å². The van der Waals surface area contributed by atoms with E-state index in [1.807, 2.05) is 0 Å². The Labute approximate surface area is 155 Å². The van der Waals surface area contributed by atoms with Crippen molar-refractivity contribution in [2.45, 2.75) is 6.92 Å². The molecule has 0 aliphatic rings. The number of hydrogen-bond acceptors (Lipinski definition) is 5. The lowest BCUT2D eigenvalue weighted by Crippen LogP contribution is -2.16. The molecule has 1 amide bonds. The van der Waals surface area contributed by atoms with Crippen molar-refractivity contribution in [1.29, 1.82) is 5.26 Å². The number of hydrogen-bond donors (Lipinski definition) is 1. The Morgan fingerprint density at radius 1 is 1.23 bits per heavy atom. The standard InChI is InChI=1S/C19H15ClN2O4/c1-2-25-18(23)14(12-21)10-13-4-3-5-17(11-13)26-19(24)22-16-8-6-15(20)7-9-16/h3-11H,2H2,1H3,(H,22,24)/b14-10+. The molecule has 26 heavy (non-hydrogen) atoms. The first-order valence-corrected chi connectivity index (χ1v) is 8.03. The average molecular weight is 371 g/mol. The minimum Gasteiger partial charge on any atom is -0.462 e. The van der Waals surface area contributed by atoms with Gasteiger partial charge < -0.3 is 9.47 Å². The van der Waals surface area contributed by atoms with E-state index in [1.54, 1.807) is 55.5 Å². The number of esters is 1. The molecular weight excluding hydrogens is 356 g/mol. The number of anilines is 1. The van der Waals surface area contributed by atoms with Crippen LogP contribution in [0.15, 0.2) is 54.1 Å². The molecule has 7 heteroatoms. The molecule has 2 aromatic rings. The zero-order chi connectivity index (χ0) is 18.9. The molecule has 0 spiro atoms. The minimum atomic E-state index is -0.707. The van der Waals surface area contributed by atoms with Crippen LogP contribution >= 0.6 is 11.6 Å². The molecule has 0 bridgehead atoms. The van der Waals surface area contributed by atoms with Crippen molar-refractivity contribution >= 4 is 35.4 Å². The van der Waals surface area contributed by atoms with Crippen LogP contribution in [-0.2, 0) is 9.53 Å². The summed E-state index contributed by atoms with van der Waals surface area (Å²) in [6.07, 6.45) is 0.682. The summed E-state index contributed by atoms with van der Waals surface area (Å²) in [6, 6.07) is 14.8. The number of nitriles is 1. The van der Waals surface area contributed by atoms with Crippen LogP contribution in [0.25, 0.3) is 6.08 Å². The molecule has 0 fully saturated rings. The molecule has 0 aromatic heterocycles. The molecule has 6 nitrogen and oxygen atoms in total. The third kappa shape index (κ3) is 5.65. The summed E-state index contributed by atoms with van der Waals surface area (Å²) in [4.78, 5) is 23.6. The lowest BCUT2D eigenvalue weighted by Gasteiger charge is -2.07. The van der Waals surface area contributed by atoms with Gasteiger partial charge >= 0.3 is 12.1 Å². The van der Waals surface area contributed by atoms with Gasteiger partial charge in [0.25, 0.3) is 0 Å². The molecule has 2 aromatic carbocycles. The van der Waals surface area contributed by atoms with Crippen molar-refractivity contribution in [1.82, 2.24) is 0 Å². The molecule has 0 unspecified atom stereocenters. The van der Waals surface area contributed by atoms with E-state index < -0.39 is 12.1 Å². The quantitative estimate of drug-likeness (QED) is 0.478. The maximum Gasteiger partial charge on any atom is 0.417 e. The Bertz CT molecular complexity index is 870. The predicted molar refractivity (Wildman–Crippen MR) is 97.8 cm³/mol. The van der Waals surface area contributed by atoms with Gasteiger partial charge in [0.2, 0.25) is 0 Å². The number of nitrogens with zero attached hydrogens (tertiary/aromatic N) is 1. The third-order valence-corrected chi connectivity index (χ3v) is 3.34. The number of halogens is 1. The molecular formula is C19H15ClN2O4. The highest BCUT2D eigenvalue weighted by Gasteiger charge is 2.10. The van der Waals surface area contributed by atoms with E-state index in [1.165, 1.54) is 12.1 Å². The van der Waals surface area contributed by atoms with Gasteiger partial charge in [-0.2, -0.15) is 5.26 Å². The average Bonchev–Trinajstić information content (AvgIpc) is 2.62. The van der Waals surface area contributed by atoms with Crippen LogP contribution in [-0.4, -0.2) is 18.7 Å². The molecule has 0 atom stereocenters. The van der Waals surface area contributed by atoms with Gasteiger partial charge in [0.1, 0.15) is 17.4 Å². The van der Waals surface area contributed by atoms with Crippen molar-refractivity contribution in [3.8, 4) is 11.8 Å². The summed E-state index contributed by atoms with van der Waals surface area (Å²) < 4.78 is 10.0. The highest BCUT2D eigenvalue weighted by Crippen LogP contribution is 2.18. The van der Waals surface area contributed by atoms with Crippen LogP contribution in [0, 0.1) is 11.3 Å². The Hall–Kier alpha value is -3.30. The summed E-state index contributed by atoms with van der Waals surface area (Å²) >= 11 is 5.79. The van der Waals surface area contributed by atoms with Crippen molar-refractivity contribution in [3.05, 3.63) is 64.7 Å². The Balaban J connectivity index is 2.08. The lowest BCUT2D eigenvalue weighted by atomic mass is 10.1. The second-order valence-electron chi connectivity index (χ2n) is 4.98. The number of carbonyl (C=O) groups excluding carboxylic acids is 2. The zero-order valence-corrected chi connectivity index (χ0v) is 14.6. The van der Waals surface area contributed by atoms with Gasteiger partial charge in [-0.1, -0.05) is 23.7 Å². The van der Waals surface area contributed by atoms with Crippen LogP contribution in [0.1, 0.15) is 12.5 Å². The van der Waals surface area contributed by atoms with Gasteiger partial charge in [0.15, 0.2) is 0 Å². The van der Waals surface area contributed by atoms with Crippen LogP contribution < -0.4 is 10.1 Å². The largest absolute Gasteiger partial charge is 0.462 e. The first-order valence-electron chi connectivity index (χ1n) is 7.65. The molecule has 0 saturated carbocycles. The second kappa shape index (κ2) is 9.25. The summed E-state index contributed by atoms with van der Waals surface area (Å²) in [5, 5.41) is 12.2. The van der Waals surface area contributed by atoms with Gasteiger partial charge in [-0.05, 0) is 55.0 Å². The topological polar surface area (TPSA) is 88.4 Å². The summed E-state index contributed by atoms with van der Waals surface area (Å²) in [5.74, 6) is -0.451. The van der Waals surface area contributed by atoms with E-state index in [-0.39, 0.29) is 17.9 Å². The molecule has 0 aliphatic carbocycles. The fraction of sp³-hybridized carbons (Fsp3) is 0.105. The first-order chi connectivity index (χ1) is 12.5. The molecule has 0 aliphatic heterocycles. The maximum absolute atomic E-state index is 11.9. The van der Waals surface area contributed by atoms with Crippen molar-refractivity contribution in [2.75, 3.05) is 11.9 Å². The van der Waals surface area contributed by atoms with Gasteiger partial charge in [-0.3, -0.25) is 5.32 Å². The molecule has 132 valence electrons. The SMILES string of the molecule is CCOC(=O)/C(C#N)=C/c1cccc(OC(=O)Nc2ccc(Cl)cc2)c1. The second-order valence-corrected chi connectivity index (χ2v) is 5.42. The normalized spacial score (nSPS) is 10.6. The molecule has 0 heterocycles. The Morgan fingerprint density at radius 2 is 1.96 bits per heavy atom. The number of nitrogens with one attached hydrogen (secondary N) is 1. The van der Waals surface area contributed by atoms with E-state index in [0.29, 0.717) is 16.3 Å². The highest BCUT2D eigenvalue weighted by molar-refractivity contribution is 6.30. The number of amides is 1. The van der Waals surface area contributed by atoms with Crippen LogP contribution in [0.3, 0.4) is 0 Å². The Morgan fingerprint density at radius 3 is 2.62 bits per heavy atom. The molecule has 0 radical (unpaired) electrons. The molecule has 2 rings (SSSR count).